The van der Waals surface area contributed by atoms with E-state index >= 15 is 0 Å². The Labute approximate surface area is 338 Å². The lowest BCUT2D eigenvalue weighted by atomic mass is 9.98. The van der Waals surface area contributed by atoms with Crippen molar-refractivity contribution in [3.63, 3.8) is 0 Å². The van der Waals surface area contributed by atoms with Gasteiger partial charge in [-0.05, 0) is 95.8 Å². The largest absolute Gasteiger partial charge is 0.312 e. The Hall–Kier alpha value is -7.05. The predicted molar refractivity (Wildman–Crippen MR) is 244 cm³/mol. The highest BCUT2D eigenvalue weighted by atomic mass is 15.3. The second-order valence-electron chi connectivity index (χ2n) is 15.2. The summed E-state index contributed by atoms with van der Waals surface area (Å²) in [6, 6.07) is 67.2. The second kappa shape index (κ2) is 14.8. The fourth-order valence-electron chi connectivity index (χ4n) is 8.37. The van der Waals surface area contributed by atoms with Crippen molar-refractivity contribution in [3.05, 3.63) is 210 Å². The van der Waals surface area contributed by atoms with Crippen LogP contribution in [-0.2, 0) is 0 Å². The van der Waals surface area contributed by atoms with E-state index in [0.29, 0.717) is 0 Å². The molecule has 0 fully saturated rings. The topological polar surface area (TPSA) is 60.3 Å². The van der Waals surface area contributed by atoms with Gasteiger partial charge in [0.25, 0.3) is 0 Å². The average Bonchev–Trinajstić information content (AvgIpc) is 3.78. The van der Waals surface area contributed by atoms with Crippen LogP contribution in [0.15, 0.2) is 193 Å². The van der Waals surface area contributed by atoms with Gasteiger partial charge in [0.15, 0.2) is 0 Å². The molecule has 0 amide bonds. The fraction of sp³-hybridized carbons (Fsp3) is 0.0755. The zero-order chi connectivity index (χ0) is 39.2. The lowest BCUT2D eigenvalue weighted by Gasteiger charge is -2.23. The number of aliphatic imine (C=N–C) groups is 1. The summed E-state index contributed by atoms with van der Waals surface area (Å²) in [5.74, 6) is 0. The van der Waals surface area contributed by atoms with E-state index in [2.05, 4.69) is 216 Å². The Morgan fingerprint density at radius 1 is 0.483 bits per heavy atom. The molecule has 0 aliphatic carbocycles. The van der Waals surface area contributed by atoms with Crippen LogP contribution in [0, 0.1) is 13.8 Å². The highest BCUT2D eigenvalue weighted by molar-refractivity contribution is 6.11. The molecule has 0 saturated heterocycles. The third kappa shape index (κ3) is 6.46. The van der Waals surface area contributed by atoms with Crippen LogP contribution in [0.1, 0.15) is 34.7 Å². The highest BCUT2D eigenvalue weighted by Gasteiger charge is 2.20. The summed E-state index contributed by atoms with van der Waals surface area (Å²) in [5, 5.41) is 8.48. The lowest BCUT2D eigenvalue weighted by Crippen LogP contribution is -2.36. The molecule has 58 heavy (non-hydrogen) atoms. The summed E-state index contributed by atoms with van der Waals surface area (Å²) in [7, 11) is 0. The molecule has 280 valence electrons. The number of hydrogen-bond acceptors (Lipinski definition) is 3. The average molecular weight is 750 g/mol. The van der Waals surface area contributed by atoms with Gasteiger partial charge in [-0.15, -0.1) is 0 Å². The standard InChI is InChI=1S/C53H43N5/c1-35-16-20-37(21-17-35)34-55-52(40-22-18-36(2)19-23-40)56-53(54)58-49-15-9-7-13-45(49)47-33-42(29-31-51(47)58)39-26-24-38(25-27-39)41-28-30-50-46(32-41)44-12-6-8-14-48(44)57(50)43-10-4-3-5-11-43/h3-34,52-53,56H,54H2,1-2H3/b55-34+. The number of hydrogen-bond donors (Lipinski definition) is 2. The third-order valence-corrected chi connectivity index (χ3v) is 11.4. The molecule has 10 rings (SSSR count). The number of aryl methyl sites for hydroxylation is 2. The van der Waals surface area contributed by atoms with E-state index in [1.54, 1.807) is 0 Å². The maximum absolute atomic E-state index is 7.12. The SMILES string of the molecule is Cc1ccc(/C=N/C(NC(N)n2c3ccccc3c3cc(-c4ccc(-c5ccc6c(c5)c5ccccc5n6-c5ccccc5)cc4)ccc32)c2ccc(C)cc2)cc1. The maximum atomic E-state index is 7.12. The molecule has 0 radical (unpaired) electrons. The summed E-state index contributed by atoms with van der Waals surface area (Å²) in [5.41, 5.74) is 22.1. The maximum Gasteiger partial charge on any atom is 0.138 e. The van der Waals surface area contributed by atoms with Gasteiger partial charge >= 0.3 is 0 Å². The Kier molecular flexibility index (Phi) is 9.02. The van der Waals surface area contributed by atoms with Crippen LogP contribution in [0.3, 0.4) is 0 Å². The number of para-hydroxylation sites is 3. The van der Waals surface area contributed by atoms with Crippen LogP contribution in [0.5, 0.6) is 0 Å². The van der Waals surface area contributed by atoms with Crippen molar-refractivity contribution in [2.24, 2.45) is 10.7 Å². The van der Waals surface area contributed by atoms with Crippen molar-refractivity contribution >= 4 is 49.8 Å². The van der Waals surface area contributed by atoms with Crippen LogP contribution >= 0.6 is 0 Å². The Bertz CT molecular complexity index is 3100. The van der Waals surface area contributed by atoms with E-state index in [0.717, 1.165) is 44.1 Å². The van der Waals surface area contributed by atoms with Gasteiger partial charge in [0.05, 0.1) is 22.1 Å². The van der Waals surface area contributed by atoms with E-state index in [1.807, 2.05) is 6.21 Å². The van der Waals surface area contributed by atoms with E-state index in [4.69, 9.17) is 10.7 Å². The molecule has 0 spiro atoms. The lowest BCUT2D eigenvalue weighted by molar-refractivity contribution is 0.383. The van der Waals surface area contributed by atoms with Crippen molar-refractivity contribution in [1.82, 2.24) is 14.5 Å². The highest BCUT2D eigenvalue weighted by Crippen LogP contribution is 2.37. The molecule has 2 unspecified atom stereocenters. The molecule has 2 atom stereocenters. The first kappa shape index (κ1) is 35.4. The van der Waals surface area contributed by atoms with Crippen LogP contribution < -0.4 is 11.1 Å². The van der Waals surface area contributed by atoms with Crippen molar-refractivity contribution in [1.29, 1.82) is 0 Å². The molecule has 10 aromatic rings. The molecule has 3 N–H and O–H groups in total. The van der Waals surface area contributed by atoms with Gasteiger partial charge in [-0.3, -0.25) is 16.0 Å². The molecule has 0 aliphatic rings. The molecule has 2 heterocycles. The van der Waals surface area contributed by atoms with Crippen molar-refractivity contribution in [2.45, 2.75) is 26.3 Å². The second-order valence-corrected chi connectivity index (χ2v) is 15.2. The first-order chi connectivity index (χ1) is 28.5. The number of aromatic nitrogens is 2. The summed E-state index contributed by atoms with van der Waals surface area (Å²) in [6.45, 7) is 4.19. The predicted octanol–water partition coefficient (Wildman–Crippen LogP) is 12.7. The van der Waals surface area contributed by atoms with Crippen molar-refractivity contribution in [3.8, 4) is 27.9 Å². The number of nitrogens with one attached hydrogen (secondary N) is 1. The van der Waals surface area contributed by atoms with Gasteiger partial charge in [0.1, 0.15) is 12.5 Å². The zero-order valence-corrected chi connectivity index (χ0v) is 32.5. The van der Waals surface area contributed by atoms with Crippen molar-refractivity contribution in [2.75, 3.05) is 0 Å². The van der Waals surface area contributed by atoms with Crippen molar-refractivity contribution < 1.29 is 0 Å². The van der Waals surface area contributed by atoms with Gasteiger partial charge in [-0.2, -0.15) is 0 Å². The number of fused-ring (bicyclic) bond motifs is 6. The Morgan fingerprint density at radius 3 is 1.62 bits per heavy atom. The van der Waals surface area contributed by atoms with Crippen LogP contribution in [0.2, 0.25) is 0 Å². The zero-order valence-electron chi connectivity index (χ0n) is 32.5. The number of benzene rings is 8. The summed E-state index contributed by atoms with van der Waals surface area (Å²) in [6.07, 6.45) is 1.03. The third-order valence-electron chi connectivity index (χ3n) is 11.4. The van der Waals surface area contributed by atoms with Crippen LogP contribution in [0.25, 0.3) is 71.6 Å². The molecule has 0 aliphatic heterocycles. The fourth-order valence-corrected chi connectivity index (χ4v) is 8.37. The molecular weight excluding hydrogens is 707 g/mol. The number of nitrogens with two attached hydrogens (primary N) is 1. The first-order valence-corrected chi connectivity index (χ1v) is 19.9. The monoisotopic (exact) mass is 749 g/mol. The number of nitrogens with zero attached hydrogens (tertiary/aromatic N) is 3. The van der Waals surface area contributed by atoms with Gasteiger partial charge in [0, 0.05) is 33.4 Å². The summed E-state index contributed by atoms with van der Waals surface area (Å²) in [4.78, 5) is 5.03. The van der Waals surface area contributed by atoms with E-state index in [-0.39, 0.29) is 6.17 Å². The molecule has 5 heteroatoms. The normalized spacial score (nSPS) is 12.9. The minimum absolute atomic E-state index is 0.353. The van der Waals surface area contributed by atoms with Gasteiger partial charge in [-0.25, -0.2) is 0 Å². The van der Waals surface area contributed by atoms with Gasteiger partial charge < -0.3 is 9.13 Å². The van der Waals surface area contributed by atoms with Crippen LogP contribution in [-0.4, -0.2) is 15.3 Å². The Morgan fingerprint density at radius 2 is 0.966 bits per heavy atom. The molecule has 2 aromatic heterocycles. The van der Waals surface area contributed by atoms with Gasteiger partial charge in [-0.1, -0.05) is 151 Å². The molecule has 5 nitrogen and oxygen atoms in total. The molecular formula is C53H43N5. The van der Waals surface area contributed by atoms with E-state index < -0.39 is 6.29 Å². The molecule has 0 bridgehead atoms. The minimum atomic E-state index is -0.548. The molecule has 8 aromatic carbocycles. The minimum Gasteiger partial charge on any atom is -0.312 e. The summed E-state index contributed by atoms with van der Waals surface area (Å²) < 4.78 is 4.56. The van der Waals surface area contributed by atoms with E-state index in [1.165, 1.54) is 49.7 Å². The van der Waals surface area contributed by atoms with Gasteiger partial charge in [0.2, 0.25) is 0 Å². The molecule has 0 saturated carbocycles. The smallest absolute Gasteiger partial charge is 0.138 e. The van der Waals surface area contributed by atoms with E-state index in [9.17, 15) is 0 Å². The quantitative estimate of drug-likeness (QED) is 0.114. The Balaban J connectivity index is 0.976. The first-order valence-electron chi connectivity index (χ1n) is 19.9. The summed E-state index contributed by atoms with van der Waals surface area (Å²) >= 11 is 0. The number of rotatable bonds is 9. The van der Waals surface area contributed by atoms with Crippen LogP contribution in [0.4, 0.5) is 0 Å².